The monoisotopic (exact) mass is 351 g/mol. The van der Waals surface area contributed by atoms with E-state index in [-0.39, 0.29) is 18.9 Å². The lowest BCUT2D eigenvalue weighted by Crippen LogP contribution is -2.31. The number of amides is 2. The highest BCUT2D eigenvalue weighted by atomic mass is 16.6. The number of pyridine rings is 1. The Morgan fingerprint density at radius 1 is 1.32 bits per heavy atom. The van der Waals surface area contributed by atoms with Gasteiger partial charge in [0.05, 0.1) is 0 Å². The van der Waals surface area contributed by atoms with Gasteiger partial charge >= 0.3 is 12.1 Å². The topological polar surface area (TPSA) is 109 Å². The summed E-state index contributed by atoms with van der Waals surface area (Å²) in [5.41, 5.74) is 0.319. The van der Waals surface area contributed by atoms with Crippen molar-refractivity contribution in [2.75, 3.05) is 18.9 Å². The Kier molecular flexibility index (Phi) is 7.35. The fourth-order valence-corrected chi connectivity index (χ4v) is 2.03. The molecule has 0 aromatic carbocycles. The minimum absolute atomic E-state index is 0.219. The number of carboxylic acid groups (broad SMARTS) is 1. The largest absolute Gasteiger partial charge is 0.480 e. The van der Waals surface area contributed by atoms with Crippen LogP contribution < -0.4 is 5.32 Å². The molecule has 2 N–H and O–H groups in total. The highest BCUT2D eigenvalue weighted by molar-refractivity contribution is 5.83. The molecule has 0 fully saturated rings. The molecule has 1 rings (SSSR count). The molecule has 0 atom stereocenters. The molecule has 0 aliphatic heterocycles. The molecule has 1 aromatic heterocycles. The summed E-state index contributed by atoms with van der Waals surface area (Å²) in [4.78, 5) is 39.3. The molecule has 0 spiro atoms. The highest BCUT2D eigenvalue weighted by Gasteiger charge is 2.16. The third kappa shape index (κ3) is 8.69. The van der Waals surface area contributed by atoms with Crippen molar-refractivity contribution in [1.82, 2.24) is 9.88 Å². The fraction of sp³-hybridized carbons (Fsp3) is 0.529. The van der Waals surface area contributed by atoms with Crippen molar-refractivity contribution in [3.05, 3.63) is 23.9 Å². The van der Waals surface area contributed by atoms with Crippen LogP contribution >= 0.6 is 0 Å². The highest BCUT2D eigenvalue weighted by Crippen LogP contribution is 2.13. The number of nitrogens with one attached hydrogen (secondary N) is 1. The minimum Gasteiger partial charge on any atom is -0.480 e. The van der Waals surface area contributed by atoms with E-state index in [0.29, 0.717) is 18.7 Å². The smallest absolute Gasteiger partial charge is 0.413 e. The fourth-order valence-electron chi connectivity index (χ4n) is 2.03. The maximum Gasteiger partial charge on any atom is 0.413 e. The number of carboxylic acids is 1. The van der Waals surface area contributed by atoms with Crippen molar-refractivity contribution in [1.29, 1.82) is 0 Å². The van der Waals surface area contributed by atoms with E-state index in [0.717, 1.165) is 5.56 Å². The van der Waals surface area contributed by atoms with Crippen molar-refractivity contribution < 1.29 is 24.2 Å². The van der Waals surface area contributed by atoms with Gasteiger partial charge in [0.1, 0.15) is 18.0 Å². The third-order valence-electron chi connectivity index (χ3n) is 3.11. The predicted molar refractivity (Wildman–Crippen MR) is 92.3 cm³/mol. The molecule has 1 heterocycles. The summed E-state index contributed by atoms with van der Waals surface area (Å²) in [6, 6.07) is 3.51. The van der Waals surface area contributed by atoms with Crippen LogP contribution in [0.4, 0.5) is 10.6 Å². The van der Waals surface area contributed by atoms with Crippen LogP contribution in [0.1, 0.15) is 39.2 Å². The number of rotatable bonds is 7. The lowest BCUT2D eigenvalue weighted by molar-refractivity contribution is -0.143. The van der Waals surface area contributed by atoms with Crippen LogP contribution in [0.3, 0.4) is 0 Å². The molecule has 0 aliphatic rings. The Morgan fingerprint density at radius 2 is 2.00 bits per heavy atom. The number of ether oxygens (including phenoxy) is 1. The minimum atomic E-state index is -1.04. The summed E-state index contributed by atoms with van der Waals surface area (Å²) in [5, 5.41) is 11.2. The molecule has 0 radical (unpaired) electrons. The molecule has 0 aliphatic carbocycles. The van der Waals surface area contributed by atoms with Crippen LogP contribution in [0.25, 0.3) is 0 Å². The zero-order valence-corrected chi connectivity index (χ0v) is 15.0. The van der Waals surface area contributed by atoms with E-state index in [9.17, 15) is 14.4 Å². The second-order valence-corrected chi connectivity index (χ2v) is 6.67. The summed E-state index contributed by atoms with van der Waals surface area (Å²) >= 11 is 0. The summed E-state index contributed by atoms with van der Waals surface area (Å²) in [6.45, 7) is 5.01. The Labute approximate surface area is 147 Å². The van der Waals surface area contributed by atoms with Gasteiger partial charge in [0, 0.05) is 19.7 Å². The number of carbonyl (C=O) groups is 3. The van der Waals surface area contributed by atoms with Crippen molar-refractivity contribution in [2.24, 2.45) is 0 Å². The van der Waals surface area contributed by atoms with Crippen LogP contribution in [-0.4, -0.2) is 52.2 Å². The summed E-state index contributed by atoms with van der Waals surface area (Å²) in [7, 11) is 1.46. The Hall–Kier alpha value is -2.64. The van der Waals surface area contributed by atoms with Gasteiger partial charge < -0.3 is 14.7 Å². The zero-order chi connectivity index (χ0) is 19.0. The molecule has 8 nitrogen and oxygen atoms in total. The second kappa shape index (κ2) is 9.00. The molecule has 138 valence electrons. The molecular formula is C17H25N3O5. The van der Waals surface area contributed by atoms with Gasteiger partial charge in [-0.2, -0.15) is 0 Å². The molecule has 2 amide bonds. The van der Waals surface area contributed by atoms with Gasteiger partial charge in [-0.15, -0.1) is 0 Å². The second-order valence-electron chi connectivity index (χ2n) is 6.67. The lowest BCUT2D eigenvalue weighted by atomic mass is 10.1. The maximum atomic E-state index is 11.8. The van der Waals surface area contributed by atoms with E-state index in [4.69, 9.17) is 9.84 Å². The number of aryl methyl sites for hydroxylation is 1. The van der Waals surface area contributed by atoms with Gasteiger partial charge in [0.2, 0.25) is 5.91 Å². The van der Waals surface area contributed by atoms with Gasteiger partial charge in [0.25, 0.3) is 0 Å². The van der Waals surface area contributed by atoms with Crippen LogP contribution in [-0.2, 0) is 20.7 Å². The maximum absolute atomic E-state index is 11.8. The first-order valence-corrected chi connectivity index (χ1v) is 7.97. The average molecular weight is 351 g/mol. The van der Waals surface area contributed by atoms with Gasteiger partial charge in [-0.25, -0.2) is 9.78 Å². The summed E-state index contributed by atoms with van der Waals surface area (Å²) < 4.78 is 5.16. The number of nitrogens with zero attached hydrogens (tertiary/aromatic N) is 2. The lowest BCUT2D eigenvalue weighted by Gasteiger charge is -2.19. The molecule has 8 heteroatoms. The zero-order valence-electron chi connectivity index (χ0n) is 15.0. The number of aliphatic carboxylic acids is 1. The molecule has 0 bridgehead atoms. The first-order valence-electron chi connectivity index (χ1n) is 7.97. The van der Waals surface area contributed by atoms with E-state index in [1.807, 2.05) is 0 Å². The van der Waals surface area contributed by atoms with Gasteiger partial charge in [0.15, 0.2) is 0 Å². The van der Waals surface area contributed by atoms with Crippen LogP contribution in [0.5, 0.6) is 0 Å². The van der Waals surface area contributed by atoms with E-state index in [1.54, 1.807) is 39.1 Å². The normalized spacial score (nSPS) is 10.9. The van der Waals surface area contributed by atoms with Crippen LogP contribution in [0.2, 0.25) is 0 Å². The van der Waals surface area contributed by atoms with E-state index < -0.39 is 17.7 Å². The number of hydrogen-bond donors (Lipinski definition) is 2. The van der Waals surface area contributed by atoms with Gasteiger partial charge in [-0.05, 0) is 51.3 Å². The van der Waals surface area contributed by atoms with Crippen molar-refractivity contribution >= 4 is 23.8 Å². The average Bonchev–Trinajstić information content (AvgIpc) is 2.44. The molecule has 0 saturated carbocycles. The SMILES string of the molecule is CN(CC(=O)O)C(=O)CCCc1ccnc(NC(=O)OC(C)(C)C)c1. The number of anilines is 1. The van der Waals surface area contributed by atoms with Crippen LogP contribution in [0.15, 0.2) is 18.3 Å². The number of likely N-dealkylation sites (N-methyl/N-ethyl adjacent to an activating group) is 1. The quantitative estimate of drug-likeness (QED) is 0.780. The van der Waals surface area contributed by atoms with E-state index in [1.165, 1.54) is 11.9 Å². The van der Waals surface area contributed by atoms with Crippen LogP contribution in [0, 0.1) is 0 Å². The number of carbonyl (C=O) groups excluding carboxylic acids is 2. The Morgan fingerprint density at radius 3 is 2.60 bits per heavy atom. The van der Waals surface area contributed by atoms with Crippen molar-refractivity contribution in [3.63, 3.8) is 0 Å². The number of aromatic nitrogens is 1. The van der Waals surface area contributed by atoms with Gasteiger partial charge in [-0.1, -0.05) is 0 Å². The third-order valence-corrected chi connectivity index (χ3v) is 3.11. The molecule has 1 aromatic rings. The Bertz CT molecular complexity index is 625. The molecule has 0 saturated heterocycles. The van der Waals surface area contributed by atoms with E-state index >= 15 is 0 Å². The molecular weight excluding hydrogens is 326 g/mol. The van der Waals surface area contributed by atoms with Gasteiger partial charge in [-0.3, -0.25) is 14.9 Å². The van der Waals surface area contributed by atoms with Crippen molar-refractivity contribution in [2.45, 2.75) is 45.6 Å². The van der Waals surface area contributed by atoms with E-state index in [2.05, 4.69) is 10.3 Å². The standard InChI is InChI=1S/C17H25N3O5/c1-17(2,3)25-16(24)19-13-10-12(8-9-18-13)6-5-7-14(21)20(4)11-15(22)23/h8-10H,5-7,11H2,1-4H3,(H,22,23)(H,18,19,24). The summed E-state index contributed by atoms with van der Waals surface area (Å²) in [6.07, 6.45) is 2.42. The number of hydrogen-bond acceptors (Lipinski definition) is 5. The summed E-state index contributed by atoms with van der Waals surface area (Å²) in [5.74, 6) is -0.882. The molecule has 0 unspecified atom stereocenters. The van der Waals surface area contributed by atoms with Crippen molar-refractivity contribution in [3.8, 4) is 0 Å². The molecule has 25 heavy (non-hydrogen) atoms. The predicted octanol–water partition coefficient (Wildman–Crippen LogP) is 2.29. The first kappa shape index (κ1) is 20.4. The first-order chi connectivity index (χ1) is 11.6. The Balaban J connectivity index is 2.49.